The second-order valence-corrected chi connectivity index (χ2v) is 8.08. The lowest BCUT2D eigenvalue weighted by atomic mass is 9.86. The van der Waals surface area contributed by atoms with Crippen molar-refractivity contribution in [3.05, 3.63) is 12.0 Å². The summed E-state index contributed by atoms with van der Waals surface area (Å²) in [6.45, 7) is 10.8. The summed E-state index contributed by atoms with van der Waals surface area (Å²) in [5.74, 6) is 0.755. The van der Waals surface area contributed by atoms with Crippen LogP contribution in [0.15, 0.2) is 6.20 Å². The molecule has 132 valence electrons. The molecule has 2 aliphatic rings. The first-order chi connectivity index (χ1) is 11.1. The molecular weight excluding hydrogens is 309 g/mol. The molecule has 0 aliphatic carbocycles. The number of carbonyl (C=O) groups is 1. The van der Waals surface area contributed by atoms with Crippen LogP contribution in [0, 0.1) is 0 Å². The third-order valence-electron chi connectivity index (χ3n) is 4.07. The summed E-state index contributed by atoms with van der Waals surface area (Å²) < 4.78 is 17.0. The Bertz CT molecular complexity index is 611. The second-order valence-electron chi connectivity index (χ2n) is 8.08. The number of hydrogen-bond acceptors (Lipinski definition) is 5. The van der Waals surface area contributed by atoms with E-state index in [1.54, 1.807) is 11.1 Å². The van der Waals surface area contributed by atoms with Gasteiger partial charge in [0.1, 0.15) is 11.4 Å². The van der Waals surface area contributed by atoms with Crippen molar-refractivity contribution in [2.75, 3.05) is 13.2 Å². The Morgan fingerprint density at radius 1 is 1.50 bits per heavy atom. The second kappa shape index (κ2) is 6.08. The Morgan fingerprint density at radius 3 is 2.88 bits per heavy atom. The fourth-order valence-corrected chi connectivity index (χ4v) is 3.02. The van der Waals surface area contributed by atoms with Gasteiger partial charge in [0.25, 0.3) is 0 Å². The number of hydrogen-bond donors (Lipinski definition) is 1. The fraction of sp³-hybridized carbons (Fsp3) is 0.750. The van der Waals surface area contributed by atoms with Crippen molar-refractivity contribution >= 4 is 18.8 Å². The molecule has 8 heteroatoms. The first-order valence-corrected chi connectivity index (χ1v) is 8.48. The summed E-state index contributed by atoms with van der Waals surface area (Å²) in [5.41, 5.74) is -0.0202. The summed E-state index contributed by atoms with van der Waals surface area (Å²) in [5, 5.41) is 0. The third-order valence-corrected chi connectivity index (χ3v) is 4.07. The number of nitrogens with one attached hydrogen (secondary N) is 1. The van der Waals surface area contributed by atoms with Gasteiger partial charge >= 0.3 is 13.2 Å². The number of H-pyrrole nitrogens is 1. The van der Waals surface area contributed by atoms with Crippen molar-refractivity contribution in [1.82, 2.24) is 14.9 Å². The lowest BCUT2D eigenvalue weighted by molar-refractivity contribution is 0.0219. The van der Waals surface area contributed by atoms with Gasteiger partial charge in [-0.15, -0.1) is 0 Å². The third kappa shape index (κ3) is 3.75. The maximum atomic E-state index is 12.4. The van der Waals surface area contributed by atoms with Gasteiger partial charge in [0, 0.05) is 12.7 Å². The van der Waals surface area contributed by atoms with Gasteiger partial charge in [-0.25, -0.2) is 9.78 Å². The molecule has 2 fully saturated rings. The molecule has 1 amide bonds. The minimum Gasteiger partial charge on any atom is -0.444 e. The zero-order valence-electron chi connectivity index (χ0n) is 15.1. The van der Waals surface area contributed by atoms with Gasteiger partial charge in [0.2, 0.25) is 0 Å². The van der Waals surface area contributed by atoms with Crippen LogP contribution in [0.5, 0.6) is 0 Å². The molecule has 2 saturated heterocycles. The molecule has 7 nitrogen and oxygen atoms in total. The van der Waals surface area contributed by atoms with Gasteiger partial charge in [-0.3, -0.25) is 4.90 Å². The molecule has 1 aromatic heterocycles. The van der Waals surface area contributed by atoms with Crippen LogP contribution >= 0.6 is 0 Å². The lowest BCUT2D eigenvalue weighted by Crippen LogP contribution is -2.37. The summed E-state index contributed by atoms with van der Waals surface area (Å²) in [7, 11) is -0.433. The molecule has 1 N–H and O–H groups in total. The van der Waals surface area contributed by atoms with Crippen molar-refractivity contribution in [3.8, 4) is 0 Å². The number of likely N-dealkylation sites (tertiary alicyclic amines) is 1. The molecule has 0 saturated carbocycles. The predicted molar refractivity (Wildman–Crippen MR) is 90.0 cm³/mol. The van der Waals surface area contributed by atoms with E-state index in [2.05, 4.69) is 9.97 Å². The van der Waals surface area contributed by atoms with Crippen molar-refractivity contribution in [2.24, 2.45) is 0 Å². The predicted octanol–water partition coefficient (Wildman–Crippen LogP) is 2.00. The van der Waals surface area contributed by atoms with Gasteiger partial charge in [-0.05, 0) is 47.5 Å². The molecule has 1 atom stereocenters. The monoisotopic (exact) mass is 335 g/mol. The highest BCUT2D eigenvalue weighted by atomic mass is 16.7. The fourth-order valence-electron chi connectivity index (χ4n) is 3.02. The van der Waals surface area contributed by atoms with Gasteiger partial charge < -0.3 is 19.0 Å². The highest BCUT2D eigenvalue weighted by Gasteiger charge is 2.41. The molecule has 3 rings (SSSR count). The van der Waals surface area contributed by atoms with E-state index in [0.717, 1.165) is 24.3 Å². The van der Waals surface area contributed by atoms with E-state index in [0.29, 0.717) is 13.2 Å². The molecule has 0 spiro atoms. The van der Waals surface area contributed by atoms with E-state index in [1.807, 2.05) is 34.6 Å². The number of amides is 1. The number of nitrogens with zero attached hydrogens (tertiary/aromatic N) is 2. The van der Waals surface area contributed by atoms with Crippen molar-refractivity contribution < 1.29 is 18.8 Å². The average Bonchev–Trinajstić information content (AvgIpc) is 3.13. The van der Waals surface area contributed by atoms with Crippen molar-refractivity contribution in [3.63, 3.8) is 0 Å². The molecule has 3 heterocycles. The Morgan fingerprint density at radius 2 is 2.25 bits per heavy atom. The highest BCUT2D eigenvalue weighted by Crippen LogP contribution is 2.31. The highest BCUT2D eigenvalue weighted by molar-refractivity contribution is 6.60. The van der Waals surface area contributed by atoms with Gasteiger partial charge in [-0.1, -0.05) is 0 Å². The van der Waals surface area contributed by atoms with Crippen molar-refractivity contribution in [2.45, 2.75) is 64.7 Å². The maximum absolute atomic E-state index is 12.4. The molecule has 2 aliphatic heterocycles. The van der Waals surface area contributed by atoms with Crippen LogP contribution in [0.3, 0.4) is 0 Å². The Balaban J connectivity index is 1.71. The minimum atomic E-state index is -0.504. The smallest absolute Gasteiger partial charge is 0.444 e. The zero-order chi connectivity index (χ0) is 17.5. The van der Waals surface area contributed by atoms with Crippen LogP contribution in [0.4, 0.5) is 4.79 Å². The van der Waals surface area contributed by atoms with E-state index < -0.39 is 12.7 Å². The van der Waals surface area contributed by atoms with E-state index in [-0.39, 0.29) is 17.7 Å². The number of ether oxygens (including phenoxy) is 1. The van der Waals surface area contributed by atoms with Crippen LogP contribution in [-0.2, 0) is 14.0 Å². The van der Waals surface area contributed by atoms with Crippen LogP contribution in [0.2, 0.25) is 0 Å². The standard InChI is InChI=1S/C16H26BN3O4/c1-15(2,3)23-14(21)20-8-6-7-11(20)13-18-9-12(19-13)17-22-10-16(4,5)24-17/h9,11H,6-8,10H2,1-5H3,(H,18,19). The van der Waals surface area contributed by atoms with E-state index in [9.17, 15) is 4.79 Å². The molecule has 1 unspecified atom stereocenters. The van der Waals surface area contributed by atoms with Gasteiger partial charge in [0.15, 0.2) is 0 Å². The average molecular weight is 335 g/mol. The van der Waals surface area contributed by atoms with E-state index in [4.69, 9.17) is 14.0 Å². The summed E-state index contributed by atoms with van der Waals surface area (Å²) in [4.78, 5) is 21.9. The minimum absolute atomic E-state index is 0.0944. The zero-order valence-corrected chi connectivity index (χ0v) is 15.1. The number of imidazole rings is 1. The number of aromatic amines is 1. The van der Waals surface area contributed by atoms with Crippen LogP contribution < -0.4 is 5.59 Å². The molecule has 0 aromatic carbocycles. The number of carbonyl (C=O) groups excluding carboxylic acids is 1. The molecule has 24 heavy (non-hydrogen) atoms. The van der Waals surface area contributed by atoms with Crippen molar-refractivity contribution in [1.29, 1.82) is 0 Å². The van der Waals surface area contributed by atoms with Gasteiger partial charge in [-0.2, -0.15) is 0 Å². The van der Waals surface area contributed by atoms with E-state index >= 15 is 0 Å². The Hall–Kier alpha value is -1.54. The van der Waals surface area contributed by atoms with Crippen LogP contribution in [0.25, 0.3) is 0 Å². The summed E-state index contributed by atoms with van der Waals surface area (Å²) >= 11 is 0. The topological polar surface area (TPSA) is 76.7 Å². The molecule has 0 bridgehead atoms. The first-order valence-electron chi connectivity index (χ1n) is 8.48. The molecular formula is C16H26BN3O4. The lowest BCUT2D eigenvalue weighted by Gasteiger charge is -2.27. The SMILES string of the molecule is CC(C)(C)OC(=O)N1CCCC1c1ncc(B2OCC(C)(C)O2)[nH]1. The largest absolute Gasteiger partial charge is 0.513 e. The summed E-state index contributed by atoms with van der Waals surface area (Å²) in [6, 6.07) is -0.0944. The van der Waals surface area contributed by atoms with Crippen LogP contribution in [-0.4, -0.2) is 52.4 Å². The van der Waals surface area contributed by atoms with Gasteiger partial charge in [0.05, 0.1) is 23.8 Å². The number of rotatable bonds is 2. The summed E-state index contributed by atoms with van der Waals surface area (Å²) in [6.07, 6.45) is 3.23. The Kier molecular flexibility index (Phi) is 4.38. The maximum Gasteiger partial charge on any atom is 0.513 e. The Labute approximate surface area is 143 Å². The normalized spacial score (nSPS) is 23.8. The number of aromatic nitrogens is 2. The molecule has 0 radical (unpaired) electrons. The molecule has 1 aromatic rings. The van der Waals surface area contributed by atoms with Crippen LogP contribution in [0.1, 0.15) is 59.3 Å². The first kappa shape index (κ1) is 17.3. The quantitative estimate of drug-likeness (QED) is 0.837. The van der Waals surface area contributed by atoms with E-state index in [1.165, 1.54) is 0 Å².